The van der Waals surface area contributed by atoms with E-state index in [0.29, 0.717) is 12.3 Å². The molecule has 0 saturated carbocycles. The first-order chi connectivity index (χ1) is 7.43. The summed E-state index contributed by atoms with van der Waals surface area (Å²) in [4.78, 5) is 11.4. The third kappa shape index (κ3) is 6.72. The summed E-state index contributed by atoms with van der Waals surface area (Å²) >= 11 is 1.57. The van der Waals surface area contributed by atoms with Crippen LogP contribution in [0, 0.1) is 12.3 Å². The van der Waals surface area contributed by atoms with Gasteiger partial charge >= 0.3 is 0 Å². The Morgan fingerprint density at radius 1 is 1.69 bits per heavy atom. The maximum Gasteiger partial charge on any atom is 0.237 e. The number of nitrogens with one attached hydrogen (secondary N) is 2. The topological polar surface area (TPSA) is 61.4 Å². The summed E-state index contributed by atoms with van der Waals surface area (Å²) in [6.07, 6.45) is 6.96. The lowest BCUT2D eigenvalue weighted by Crippen LogP contribution is -2.49. The van der Waals surface area contributed by atoms with E-state index in [1.807, 2.05) is 6.26 Å². The van der Waals surface area contributed by atoms with Gasteiger partial charge in [0.1, 0.15) is 0 Å². The summed E-state index contributed by atoms with van der Waals surface area (Å²) in [5.74, 6) is 2.80. The molecule has 0 aromatic carbocycles. The molecule has 0 heterocycles. The van der Waals surface area contributed by atoms with E-state index < -0.39 is 5.60 Å². The Balaban J connectivity index is 3.92. The Morgan fingerprint density at radius 2 is 2.31 bits per heavy atom. The highest BCUT2D eigenvalue weighted by molar-refractivity contribution is 7.98. The van der Waals surface area contributed by atoms with Gasteiger partial charge < -0.3 is 15.7 Å². The van der Waals surface area contributed by atoms with E-state index in [-0.39, 0.29) is 18.5 Å². The Hall–Kier alpha value is -0.700. The van der Waals surface area contributed by atoms with Gasteiger partial charge in [0.15, 0.2) is 0 Å². The predicted molar refractivity (Wildman–Crippen MR) is 68.3 cm³/mol. The monoisotopic (exact) mass is 244 g/mol. The molecule has 3 N–H and O–H groups in total. The Bertz CT molecular complexity index is 261. The lowest BCUT2D eigenvalue weighted by Gasteiger charge is -2.24. The fourth-order valence-corrected chi connectivity index (χ4v) is 1.84. The summed E-state index contributed by atoms with van der Waals surface area (Å²) in [5.41, 5.74) is -0.805. The lowest BCUT2D eigenvalue weighted by atomic mass is 10.1. The van der Waals surface area contributed by atoms with Crippen molar-refractivity contribution in [1.82, 2.24) is 10.6 Å². The third-order valence-electron chi connectivity index (χ3n) is 2.00. The molecule has 5 heteroatoms. The first-order valence-electron chi connectivity index (χ1n) is 5.09. The van der Waals surface area contributed by atoms with Crippen molar-refractivity contribution in [2.75, 3.05) is 25.1 Å². The molecule has 2 atom stereocenters. The van der Waals surface area contributed by atoms with Crippen LogP contribution in [0.4, 0.5) is 0 Å². The molecule has 92 valence electrons. The van der Waals surface area contributed by atoms with E-state index in [1.54, 1.807) is 25.6 Å². The highest BCUT2D eigenvalue weighted by Crippen LogP contribution is 2.09. The van der Waals surface area contributed by atoms with E-state index in [9.17, 15) is 9.90 Å². The van der Waals surface area contributed by atoms with Crippen molar-refractivity contribution >= 4 is 17.7 Å². The number of hydrogen-bond donors (Lipinski definition) is 3. The zero-order valence-electron chi connectivity index (χ0n) is 10.0. The number of terminal acetylenes is 1. The Labute approximate surface area is 102 Å². The van der Waals surface area contributed by atoms with Crippen LogP contribution in [0.1, 0.15) is 13.8 Å². The average Bonchev–Trinajstić information content (AvgIpc) is 2.22. The second kappa shape index (κ2) is 7.55. The van der Waals surface area contributed by atoms with Crippen molar-refractivity contribution in [2.24, 2.45) is 0 Å². The SMILES string of the molecule is C#CCNC(=O)C(C)NCC(C)(O)CSC. The first kappa shape index (κ1) is 15.3. The zero-order chi connectivity index (χ0) is 12.6. The predicted octanol–water partition coefficient (Wildman–Crippen LogP) is -0.172. The highest BCUT2D eigenvalue weighted by Gasteiger charge is 2.21. The van der Waals surface area contributed by atoms with E-state index in [2.05, 4.69) is 16.6 Å². The van der Waals surface area contributed by atoms with E-state index in [0.717, 1.165) is 0 Å². The molecule has 4 nitrogen and oxygen atoms in total. The largest absolute Gasteiger partial charge is 0.388 e. The molecule has 0 bridgehead atoms. The number of amides is 1. The van der Waals surface area contributed by atoms with Crippen LogP contribution in [0.2, 0.25) is 0 Å². The minimum absolute atomic E-state index is 0.155. The molecule has 0 spiro atoms. The maximum atomic E-state index is 11.4. The smallest absolute Gasteiger partial charge is 0.237 e. The van der Waals surface area contributed by atoms with Crippen molar-refractivity contribution in [3.8, 4) is 12.3 Å². The van der Waals surface area contributed by atoms with Crippen LogP contribution in [0.3, 0.4) is 0 Å². The fraction of sp³-hybridized carbons (Fsp3) is 0.727. The van der Waals surface area contributed by atoms with E-state index in [1.165, 1.54) is 0 Å². The lowest BCUT2D eigenvalue weighted by molar-refractivity contribution is -0.122. The van der Waals surface area contributed by atoms with Gasteiger partial charge in [0.2, 0.25) is 5.91 Å². The number of hydrogen-bond acceptors (Lipinski definition) is 4. The molecule has 0 aliphatic heterocycles. The van der Waals surface area contributed by atoms with Crippen LogP contribution in [0.25, 0.3) is 0 Å². The fourth-order valence-electron chi connectivity index (χ4n) is 1.12. The van der Waals surface area contributed by atoms with Crippen molar-refractivity contribution in [3.63, 3.8) is 0 Å². The molecule has 0 aliphatic rings. The molecule has 0 fully saturated rings. The van der Waals surface area contributed by atoms with Gasteiger partial charge in [-0.05, 0) is 20.1 Å². The summed E-state index contributed by atoms with van der Waals surface area (Å²) < 4.78 is 0. The van der Waals surface area contributed by atoms with E-state index >= 15 is 0 Å². The van der Waals surface area contributed by atoms with Crippen LogP contribution in [0.5, 0.6) is 0 Å². The van der Waals surface area contributed by atoms with Gasteiger partial charge in [-0.25, -0.2) is 0 Å². The molecule has 0 saturated heterocycles. The Morgan fingerprint density at radius 3 is 2.81 bits per heavy atom. The summed E-state index contributed by atoms with van der Waals surface area (Å²) in [7, 11) is 0. The van der Waals surface area contributed by atoms with Crippen molar-refractivity contribution < 1.29 is 9.90 Å². The molecule has 0 rings (SSSR count). The second-order valence-corrected chi connectivity index (χ2v) is 4.82. The summed E-state index contributed by atoms with van der Waals surface area (Å²) in [6, 6.07) is -0.360. The van der Waals surface area contributed by atoms with Gasteiger partial charge in [0, 0.05) is 12.3 Å². The van der Waals surface area contributed by atoms with Crippen LogP contribution in [0.15, 0.2) is 0 Å². The van der Waals surface area contributed by atoms with Crippen LogP contribution < -0.4 is 10.6 Å². The molecule has 2 unspecified atom stereocenters. The Kier molecular flexibility index (Phi) is 7.22. The normalized spacial score (nSPS) is 15.9. The zero-order valence-corrected chi connectivity index (χ0v) is 10.9. The standard InChI is InChI=1S/C11H20N2O2S/c1-5-6-12-10(14)9(2)13-7-11(3,15)8-16-4/h1,9,13,15H,6-8H2,2-4H3,(H,12,14). The molecule has 0 aromatic heterocycles. The number of thioether (sulfide) groups is 1. The summed E-state index contributed by atoms with van der Waals surface area (Å²) in [5, 5.41) is 15.4. The molecule has 0 aliphatic carbocycles. The summed E-state index contributed by atoms with van der Waals surface area (Å²) in [6.45, 7) is 4.08. The van der Waals surface area contributed by atoms with Gasteiger partial charge in [-0.2, -0.15) is 11.8 Å². The average molecular weight is 244 g/mol. The molecule has 0 aromatic rings. The van der Waals surface area contributed by atoms with Crippen LogP contribution in [-0.4, -0.2) is 47.8 Å². The number of rotatable bonds is 7. The van der Waals surface area contributed by atoms with Crippen molar-refractivity contribution in [3.05, 3.63) is 0 Å². The molecule has 1 amide bonds. The number of aliphatic hydroxyl groups is 1. The third-order valence-corrected chi connectivity index (χ3v) is 2.91. The molecule has 16 heavy (non-hydrogen) atoms. The minimum Gasteiger partial charge on any atom is -0.388 e. The molecule has 0 radical (unpaired) electrons. The van der Waals surface area contributed by atoms with Gasteiger partial charge in [-0.3, -0.25) is 4.79 Å². The van der Waals surface area contributed by atoms with Gasteiger partial charge in [-0.15, -0.1) is 6.42 Å². The second-order valence-electron chi connectivity index (χ2n) is 3.95. The van der Waals surface area contributed by atoms with Gasteiger partial charge in [0.25, 0.3) is 0 Å². The molecular weight excluding hydrogens is 224 g/mol. The number of carbonyl (C=O) groups excluding carboxylic acids is 1. The quantitative estimate of drug-likeness (QED) is 0.544. The minimum atomic E-state index is -0.805. The van der Waals surface area contributed by atoms with Crippen molar-refractivity contribution in [2.45, 2.75) is 25.5 Å². The van der Waals surface area contributed by atoms with Crippen LogP contribution in [-0.2, 0) is 4.79 Å². The van der Waals surface area contributed by atoms with Crippen molar-refractivity contribution in [1.29, 1.82) is 0 Å². The maximum absolute atomic E-state index is 11.4. The first-order valence-corrected chi connectivity index (χ1v) is 6.48. The van der Waals surface area contributed by atoms with Gasteiger partial charge in [-0.1, -0.05) is 5.92 Å². The highest BCUT2D eigenvalue weighted by atomic mass is 32.2. The molecular formula is C11H20N2O2S. The van der Waals surface area contributed by atoms with Gasteiger partial charge in [0.05, 0.1) is 18.2 Å². The van der Waals surface area contributed by atoms with E-state index in [4.69, 9.17) is 6.42 Å². The van der Waals surface area contributed by atoms with Crippen LogP contribution >= 0.6 is 11.8 Å². The number of carbonyl (C=O) groups is 1.